The lowest BCUT2D eigenvalue weighted by molar-refractivity contribution is -0.120. The number of nitrogens with two attached hydrogens (primary N) is 1. The highest BCUT2D eigenvalue weighted by Crippen LogP contribution is 2.22. The second-order valence-electron chi connectivity index (χ2n) is 4.32. The average Bonchev–Trinajstić information content (AvgIpc) is 2.24. The van der Waals surface area contributed by atoms with Crippen molar-refractivity contribution in [3.8, 4) is 0 Å². The van der Waals surface area contributed by atoms with Crippen LogP contribution in [0.5, 0.6) is 0 Å². The lowest BCUT2D eigenvalue weighted by atomic mass is 10.2. The molecule has 1 aromatic heterocycles. The maximum Gasteiger partial charge on any atom is 0.406 e. The van der Waals surface area contributed by atoms with Gasteiger partial charge in [0.2, 0.25) is 5.95 Å². The molecule has 0 saturated carbocycles. The van der Waals surface area contributed by atoms with E-state index in [0.717, 1.165) is 10.5 Å². The molecule has 4 nitrogen and oxygen atoms in total. The molecule has 0 atom stereocenters. The van der Waals surface area contributed by atoms with E-state index >= 15 is 0 Å². The fraction of sp³-hybridized carbons (Fsp3) is 0.636. The second-order valence-corrected chi connectivity index (χ2v) is 4.32. The minimum atomic E-state index is -4.28. The monoisotopic (exact) mass is 262 g/mol. The number of nitrogens with zero attached hydrogens (tertiary/aromatic N) is 3. The van der Waals surface area contributed by atoms with Gasteiger partial charge in [0, 0.05) is 30.0 Å². The molecule has 2 N–H and O–H groups in total. The van der Waals surface area contributed by atoms with Crippen LogP contribution in [0.3, 0.4) is 0 Å². The van der Waals surface area contributed by atoms with Crippen LogP contribution in [0.4, 0.5) is 19.1 Å². The van der Waals surface area contributed by atoms with E-state index in [4.69, 9.17) is 5.73 Å². The van der Waals surface area contributed by atoms with Crippen LogP contribution in [0.15, 0.2) is 6.20 Å². The van der Waals surface area contributed by atoms with Gasteiger partial charge in [0.15, 0.2) is 0 Å². The van der Waals surface area contributed by atoms with E-state index in [0.29, 0.717) is 5.69 Å². The number of anilines is 1. The van der Waals surface area contributed by atoms with Crippen molar-refractivity contribution in [3.63, 3.8) is 0 Å². The molecule has 0 aliphatic heterocycles. The van der Waals surface area contributed by atoms with Crippen molar-refractivity contribution in [1.29, 1.82) is 0 Å². The summed E-state index contributed by atoms with van der Waals surface area (Å²) in [5.41, 5.74) is 6.80. The third kappa shape index (κ3) is 3.83. The van der Waals surface area contributed by atoms with E-state index in [-0.39, 0.29) is 18.5 Å². The predicted molar refractivity (Wildman–Crippen MR) is 63.2 cm³/mol. The molecular formula is C11H17F3N4. The molecule has 7 heteroatoms. The van der Waals surface area contributed by atoms with Crippen molar-refractivity contribution in [3.05, 3.63) is 17.5 Å². The highest BCUT2D eigenvalue weighted by molar-refractivity contribution is 5.34. The van der Waals surface area contributed by atoms with E-state index < -0.39 is 12.7 Å². The molecule has 0 unspecified atom stereocenters. The van der Waals surface area contributed by atoms with E-state index in [2.05, 4.69) is 9.97 Å². The summed E-state index contributed by atoms with van der Waals surface area (Å²) in [5.74, 6) is 0.0806. The molecule has 0 amide bonds. The molecule has 102 valence electrons. The maximum atomic E-state index is 12.5. The molecule has 1 rings (SSSR count). The Morgan fingerprint density at radius 1 is 1.39 bits per heavy atom. The quantitative estimate of drug-likeness (QED) is 0.902. The first-order chi connectivity index (χ1) is 8.24. The fourth-order valence-corrected chi connectivity index (χ4v) is 1.50. The van der Waals surface area contributed by atoms with Crippen LogP contribution in [-0.4, -0.2) is 28.7 Å². The van der Waals surface area contributed by atoms with Crippen molar-refractivity contribution < 1.29 is 13.2 Å². The Labute approximate surface area is 104 Å². The van der Waals surface area contributed by atoms with Crippen LogP contribution in [0.2, 0.25) is 0 Å². The molecule has 1 aromatic rings. The molecule has 18 heavy (non-hydrogen) atoms. The molecular weight excluding hydrogens is 245 g/mol. The molecule has 0 fully saturated rings. The van der Waals surface area contributed by atoms with Crippen LogP contribution in [0.25, 0.3) is 0 Å². The molecule has 1 heterocycles. The minimum Gasteiger partial charge on any atom is -0.329 e. The van der Waals surface area contributed by atoms with Crippen LogP contribution in [0, 0.1) is 6.92 Å². The van der Waals surface area contributed by atoms with Crippen molar-refractivity contribution >= 4 is 5.95 Å². The smallest absolute Gasteiger partial charge is 0.329 e. The molecule has 0 aliphatic rings. The van der Waals surface area contributed by atoms with Crippen LogP contribution in [0.1, 0.15) is 25.1 Å². The van der Waals surface area contributed by atoms with Crippen LogP contribution >= 0.6 is 0 Å². The Bertz CT molecular complexity index is 404. The number of hydrogen-bond acceptors (Lipinski definition) is 4. The van der Waals surface area contributed by atoms with Gasteiger partial charge in [-0.15, -0.1) is 0 Å². The van der Waals surface area contributed by atoms with E-state index in [9.17, 15) is 13.2 Å². The first-order valence-corrected chi connectivity index (χ1v) is 5.60. The number of aryl methyl sites for hydroxylation is 1. The molecule has 0 bridgehead atoms. The van der Waals surface area contributed by atoms with Gasteiger partial charge < -0.3 is 10.6 Å². The van der Waals surface area contributed by atoms with Crippen molar-refractivity contribution in [2.75, 3.05) is 11.4 Å². The van der Waals surface area contributed by atoms with E-state index in [1.165, 1.54) is 6.20 Å². The fourth-order valence-electron chi connectivity index (χ4n) is 1.50. The topological polar surface area (TPSA) is 55.0 Å². The zero-order valence-electron chi connectivity index (χ0n) is 10.6. The lowest BCUT2D eigenvalue weighted by Gasteiger charge is -2.28. The van der Waals surface area contributed by atoms with Crippen molar-refractivity contribution in [2.24, 2.45) is 5.73 Å². The van der Waals surface area contributed by atoms with Gasteiger partial charge in [0.1, 0.15) is 6.54 Å². The number of hydrogen-bond donors (Lipinski definition) is 1. The molecule has 0 aromatic carbocycles. The van der Waals surface area contributed by atoms with Crippen LogP contribution < -0.4 is 10.6 Å². The molecule has 0 radical (unpaired) electrons. The normalized spacial score (nSPS) is 12.0. The highest BCUT2D eigenvalue weighted by Gasteiger charge is 2.33. The Balaban J connectivity index is 3.03. The minimum absolute atomic E-state index is 0.0806. The van der Waals surface area contributed by atoms with Crippen LogP contribution in [-0.2, 0) is 6.54 Å². The third-order valence-electron chi connectivity index (χ3n) is 2.52. The van der Waals surface area contributed by atoms with E-state index in [1.54, 1.807) is 20.8 Å². The zero-order valence-corrected chi connectivity index (χ0v) is 10.6. The summed E-state index contributed by atoms with van der Waals surface area (Å²) in [7, 11) is 0. The van der Waals surface area contributed by atoms with Gasteiger partial charge in [-0.1, -0.05) is 0 Å². The van der Waals surface area contributed by atoms with Gasteiger partial charge >= 0.3 is 6.18 Å². The van der Waals surface area contributed by atoms with Gasteiger partial charge in [-0.3, -0.25) is 0 Å². The summed E-state index contributed by atoms with van der Waals surface area (Å²) in [4.78, 5) is 9.15. The average molecular weight is 262 g/mol. The number of aromatic nitrogens is 2. The van der Waals surface area contributed by atoms with Crippen molar-refractivity contribution in [1.82, 2.24) is 9.97 Å². The number of alkyl halides is 3. The summed E-state index contributed by atoms with van der Waals surface area (Å²) in [6.07, 6.45) is -2.81. The maximum absolute atomic E-state index is 12.5. The van der Waals surface area contributed by atoms with Gasteiger partial charge in [-0.05, 0) is 20.8 Å². The Morgan fingerprint density at radius 2 is 2.00 bits per heavy atom. The van der Waals surface area contributed by atoms with Gasteiger partial charge in [0.05, 0.1) is 0 Å². The third-order valence-corrected chi connectivity index (χ3v) is 2.52. The summed E-state index contributed by atoms with van der Waals surface area (Å²) < 4.78 is 37.4. The standard InChI is InChI=1S/C11H17F3N4/c1-7(2)18(6-11(12,13)14)10-16-5-9(4-15)8(3)17-10/h5,7H,4,6,15H2,1-3H3. The molecule has 0 saturated heterocycles. The number of halogens is 3. The van der Waals surface area contributed by atoms with Gasteiger partial charge in [-0.2, -0.15) is 13.2 Å². The van der Waals surface area contributed by atoms with Crippen molar-refractivity contribution in [2.45, 2.75) is 39.5 Å². The highest BCUT2D eigenvalue weighted by atomic mass is 19.4. The van der Waals surface area contributed by atoms with E-state index in [1.807, 2.05) is 0 Å². The zero-order chi connectivity index (χ0) is 13.9. The number of rotatable bonds is 4. The Hall–Kier alpha value is -1.37. The SMILES string of the molecule is Cc1nc(N(CC(F)(F)F)C(C)C)ncc1CN. The summed E-state index contributed by atoms with van der Waals surface area (Å²) in [5, 5.41) is 0. The predicted octanol–water partition coefficient (Wildman–Crippen LogP) is 2.02. The van der Waals surface area contributed by atoms with Gasteiger partial charge in [0.25, 0.3) is 0 Å². The Morgan fingerprint density at radius 3 is 2.39 bits per heavy atom. The molecule has 0 spiro atoms. The lowest BCUT2D eigenvalue weighted by Crippen LogP contribution is -2.40. The second kappa shape index (κ2) is 5.51. The summed E-state index contributed by atoms with van der Waals surface area (Å²) >= 11 is 0. The molecule has 0 aliphatic carbocycles. The summed E-state index contributed by atoms with van der Waals surface area (Å²) in [6, 6.07) is -0.338. The summed E-state index contributed by atoms with van der Waals surface area (Å²) in [6.45, 7) is 4.25. The Kier molecular flexibility index (Phi) is 4.50. The largest absolute Gasteiger partial charge is 0.406 e. The first-order valence-electron chi connectivity index (χ1n) is 5.60. The van der Waals surface area contributed by atoms with Gasteiger partial charge in [-0.25, -0.2) is 9.97 Å². The first kappa shape index (κ1) is 14.7.